The standard InChI is InChI=1S/C6H11ClO3/c1-6(2,9-3)5(8)10-4-7/h4H2,1-3H3. The normalized spacial score (nSPS) is 11.2. The van der Waals surface area contributed by atoms with Crippen LogP contribution in [0.2, 0.25) is 0 Å². The Hall–Kier alpha value is -0.280. The Morgan fingerprint density at radius 1 is 1.60 bits per heavy atom. The van der Waals surface area contributed by atoms with Gasteiger partial charge in [0.1, 0.15) is 0 Å². The lowest BCUT2D eigenvalue weighted by Gasteiger charge is -2.19. The van der Waals surface area contributed by atoms with Crippen molar-refractivity contribution >= 4 is 17.6 Å². The SMILES string of the molecule is COC(C)(C)C(=O)OCCl. The van der Waals surface area contributed by atoms with Crippen molar-refractivity contribution in [2.24, 2.45) is 0 Å². The molecule has 0 heterocycles. The van der Waals surface area contributed by atoms with Gasteiger partial charge in [0, 0.05) is 7.11 Å². The molecule has 0 fully saturated rings. The third-order valence-corrected chi connectivity index (χ3v) is 1.30. The highest BCUT2D eigenvalue weighted by molar-refractivity contribution is 6.17. The van der Waals surface area contributed by atoms with Crippen LogP contribution in [0.1, 0.15) is 13.8 Å². The predicted molar refractivity (Wildman–Crippen MR) is 37.9 cm³/mol. The molecule has 60 valence electrons. The summed E-state index contributed by atoms with van der Waals surface area (Å²) in [6.45, 7) is 3.23. The van der Waals surface area contributed by atoms with Crippen LogP contribution in [0.15, 0.2) is 0 Å². The van der Waals surface area contributed by atoms with Gasteiger partial charge < -0.3 is 9.47 Å². The van der Waals surface area contributed by atoms with Crippen molar-refractivity contribution in [2.75, 3.05) is 13.2 Å². The van der Waals surface area contributed by atoms with E-state index in [0.29, 0.717) is 0 Å². The van der Waals surface area contributed by atoms with Gasteiger partial charge in [-0.2, -0.15) is 0 Å². The van der Waals surface area contributed by atoms with E-state index in [9.17, 15) is 4.79 Å². The van der Waals surface area contributed by atoms with Crippen LogP contribution in [0.5, 0.6) is 0 Å². The van der Waals surface area contributed by atoms with Gasteiger partial charge in [-0.1, -0.05) is 11.6 Å². The molecule has 0 aromatic rings. The summed E-state index contributed by atoms with van der Waals surface area (Å²) in [5.74, 6) is -0.454. The molecule has 0 spiro atoms. The van der Waals surface area contributed by atoms with Crippen LogP contribution in [0.3, 0.4) is 0 Å². The number of halogens is 1. The van der Waals surface area contributed by atoms with Gasteiger partial charge in [0.2, 0.25) is 0 Å². The van der Waals surface area contributed by atoms with E-state index in [1.54, 1.807) is 13.8 Å². The summed E-state index contributed by atoms with van der Waals surface area (Å²) < 4.78 is 9.32. The Kier molecular flexibility index (Phi) is 3.68. The van der Waals surface area contributed by atoms with E-state index in [4.69, 9.17) is 16.3 Å². The number of rotatable bonds is 3. The zero-order chi connectivity index (χ0) is 8.20. The number of carbonyl (C=O) groups is 1. The van der Waals surface area contributed by atoms with Gasteiger partial charge in [-0.25, -0.2) is 4.79 Å². The van der Waals surface area contributed by atoms with Gasteiger partial charge >= 0.3 is 5.97 Å². The highest BCUT2D eigenvalue weighted by Gasteiger charge is 2.28. The van der Waals surface area contributed by atoms with E-state index in [1.165, 1.54) is 7.11 Å². The smallest absolute Gasteiger partial charge is 0.339 e. The van der Waals surface area contributed by atoms with E-state index in [0.717, 1.165) is 0 Å². The van der Waals surface area contributed by atoms with Crippen LogP contribution in [0.25, 0.3) is 0 Å². The third-order valence-electron chi connectivity index (χ3n) is 1.19. The van der Waals surface area contributed by atoms with E-state index in [1.807, 2.05) is 0 Å². The Morgan fingerprint density at radius 2 is 2.10 bits per heavy atom. The van der Waals surface area contributed by atoms with Crippen LogP contribution in [-0.2, 0) is 14.3 Å². The maximum absolute atomic E-state index is 10.9. The molecule has 0 aromatic heterocycles. The first-order valence-electron chi connectivity index (χ1n) is 2.83. The molecule has 0 radical (unpaired) electrons. The largest absolute Gasteiger partial charge is 0.447 e. The second-order valence-corrected chi connectivity index (χ2v) is 2.47. The first kappa shape index (κ1) is 9.72. The second-order valence-electron chi connectivity index (χ2n) is 2.26. The molecule has 0 aliphatic rings. The van der Waals surface area contributed by atoms with Gasteiger partial charge in [0.05, 0.1) is 0 Å². The lowest BCUT2D eigenvalue weighted by Crippen LogP contribution is -2.35. The number of ether oxygens (including phenoxy) is 2. The first-order chi connectivity index (χ1) is 4.54. The van der Waals surface area contributed by atoms with Gasteiger partial charge in [-0.3, -0.25) is 0 Å². The van der Waals surface area contributed by atoms with Gasteiger partial charge in [0.25, 0.3) is 0 Å². The fourth-order valence-corrected chi connectivity index (χ4v) is 0.406. The van der Waals surface area contributed by atoms with Crippen LogP contribution in [0, 0.1) is 0 Å². The number of hydrogen-bond acceptors (Lipinski definition) is 3. The van der Waals surface area contributed by atoms with Gasteiger partial charge in [0.15, 0.2) is 11.7 Å². The minimum atomic E-state index is -0.894. The quantitative estimate of drug-likeness (QED) is 0.466. The number of carbonyl (C=O) groups excluding carboxylic acids is 1. The highest BCUT2D eigenvalue weighted by Crippen LogP contribution is 2.09. The molecule has 10 heavy (non-hydrogen) atoms. The molecule has 4 heteroatoms. The van der Waals surface area contributed by atoms with Crippen molar-refractivity contribution in [3.63, 3.8) is 0 Å². The fourth-order valence-electron chi connectivity index (χ4n) is 0.307. The van der Waals surface area contributed by atoms with Crippen LogP contribution < -0.4 is 0 Å². The fraction of sp³-hybridized carbons (Fsp3) is 0.833. The summed E-state index contributed by atoms with van der Waals surface area (Å²) in [5, 5.41) is 0. The van der Waals surface area contributed by atoms with E-state index < -0.39 is 11.6 Å². The Bertz CT molecular complexity index is 122. The molecule has 0 aliphatic heterocycles. The third kappa shape index (κ3) is 2.54. The molecule has 0 atom stereocenters. The molecule has 0 aromatic carbocycles. The molecular formula is C6H11ClO3. The van der Waals surface area contributed by atoms with Crippen LogP contribution >= 0.6 is 11.6 Å². The monoisotopic (exact) mass is 166 g/mol. The van der Waals surface area contributed by atoms with Crippen molar-refractivity contribution in [1.29, 1.82) is 0 Å². The number of methoxy groups -OCH3 is 1. The molecule has 0 bridgehead atoms. The summed E-state index contributed by atoms with van der Waals surface area (Å²) in [6, 6.07) is -0.133. The van der Waals surface area contributed by atoms with Gasteiger partial charge in [-0.15, -0.1) is 0 Å². The summed E-state index contributed by atoms with van der Waals surface area (Å²) in [7, 11) is 1.44. The Balaban J connectivity index is 3.91. The van der Waals surface area contributed by atoms with E-state index in [-0.39, 0.29) is 6.07 Å². The molecule has 0 amide bonds. The second kappa shape index (κ2) is 3.78. The maximum atomic E-state index is 10.9. The zero-order valence-electron chi connectivity index (χ0n) is 6.31. The lowest BCUT2D eigenvalue weighted by atomic mass is 10.1. The summed E-state index contributed by atoms with van der Waals surface area (Å²) in [5.41, 5.74) is -0.894. The average Bonchev–Trinajstić information content (AvgIpc) is 1.89. The van der Waals surface area contributed by atoms with Crippen LogP contribution in [-0.4, -0.2) is 24.7 Å². The highest BCUT2D eigenvalue weighted by atomic mass is 35.5. The number of hydrogen-bond donors (Lipinski definition) is 0. The van der Waals surface area contributed by atoms with Crippen molar-refractivity contribution in [1.82, 2.24) is 0 Å². The van der Waals surface area contributed by atoms with Gasteiger partial charge in [-0.05, 0) is 13.8 Å². The average molecular weight is 167 g/mol. The molecule has 0 unspecified atom stereocenters. The topological polar surface area (TPSA) is 35.5 Å². The Labute approximate surface area is 65.3 Å². The Morgan fingerprint density at radius 3 is 2.40 bits per heavy atom. The first-order valence-corrected chi connectivity index (χ1v) is 3.36. The van der Waals surface area contributed by atoms with Crippen LogP contribution in [0.4, 0.5) is 0 Å². The number of esters is 1. The van der Waals surface area contributed by atoms with E-state index in [2.05, 4.69) is 4.74 Å². The van der Waals surface area contributed by atoms with Crippen molar-refractivity contribution in [3.8, 4) is 0 Å². The van der Waals surface area contributed by atoms with Crippen molar-refractivity contribution in [2.45, 2.75) is 19.4 Å². The maximum Gasteiger partial charge on any atom is 0.339 e. The minimum Gasteiger partial charge on any atom is -0.447 e. The van der Waals surface area contributed by atoms with Crippen molar-refractivity contribution < 1.29 is 14.3 Å². The molecule has 0 rings (SSSR count). The van der Waals surface area contributed by atoms with Crippen molar-refractivity contribution in [3.05, 3.63) is 0 Å². The molecule has 0 aliphatic carbocycles. The zero-order valence-corrected chi connectivity index (χ0v) is 7.07. The van der Waals surface area contributed by atoms with E-state index >= 15 is 0 Å². The summed E-state index contributed by atoms with van der Waals surface area (Å²) in [6.07, 6.45) is 0. The molecule has 0 N–H and O–H groups in total. The summed E-state index contributed by atoms with van der Waals surface area (Å²) in [4.78, 5) is 10.9. The predicted octanol–water partition coefficient (Wildman–Crippen LogP) is 1.15. The molecule has 0 saturated carbocycles. The molecular weight excluding hydrogens is 156 g/mol. The molecule has 0 saturated heterocycles. The number of alkyl halides is 1. The molecule has 3 nitrogen and oxygen atoms in total. The lowest BCUT2D eigenvalue weighted by molar-refractivity contribution is -0.162. The summed E-state index contributed by atoms with van der Waals surface area (Å²) >= 11 is 5.16. The minimum absolute atomic E-state index is 0.133.